The standard InChI is InChI=1S/C26H24N4O5S/c27-25(28)21-4-3-5-22(14-21)35-17-30(15-18-12-13-34-16-18)26(31)20-10-8-19(9-11-20)23-6-1-2-7-24(23)36(29,32)33/h1-14,16H,15,17H2,(H3,27,28)(H2,29,32,33). The minimum absolute atomic E-state index is 0.00634. The van der Waals surface area contributed by atoms with E-state index >= 15 is 0 Å². The Bertz CT molecular complexity index is 1480. The fourth-order valence-electron chi connectivity index (χ4n) is 3.61. The van der Waals surface area contributed by atoms with Crippen molar-refractivity contribution in [2.24, 2.45) is 10.9 Å². The Morgan fingerprint density at radius 3 is 2.39 bits per heavy atom. The van der Waals surface area contributed by atoms with Crippen LogP contribution >= 0.6 is 0 Å². The normalized spacial score (nSPS) is 11.1. The maximum atomic E-state index is 13.4. The molecule has 184 valence electrons. The number of benzene rings is 3. The number of nitrogen functional groups attached to an aromatic ring is 1. The summed E-state index contributed by atoms with van der Waals surface area (Å²) in [5, 5.41) is 12.9. The molecule has 0 saturated heterocycles. The highest BCUT2D eigenvalue weighted by Crippen LogP contribution is 2.27. The largest absolute Gasteiger partial charge is 0.473 e. The topological polar surface area (TPSA) is 153 Å². The van der Waals surface area contributed by atoms with Gasteiger partial charge in [-0.05, 0) is 42.0 Å². The molecule has 1 amide bonds. The van der Waals surface area contributed by atoms with Gasteiger partial charge in [0.05, 0.1) is 24.0 Å². The van der Waals surface area contributed by atoms with Crippen molar-refractivity contribution < 1.29 is 22.4 Å². The van der Waals surface area contributed by atoms with Crippen LogP contribution in [-0.2, 0) is 16.6 Å². The van der Waals surface area contributed by atoms with E-state index in [4.69, 9.17) is 25.4 Å². The average Bonchev–Trinajstić information content (AvgIpc) is 3.39. The van der Waals surface area contributed by atoms with Crippen LogP contribution in [0.25, 0.3) is 11.1 Å². The number of nitrogens with zero attached hydrogens (tertiary/aromatic N) is 1. The Labute approximate surface area is 208 Å². The first-order chi connectivity index (χ1) is 17.2. The van der Waals surface area contributed by atoms with Gasteiger partial charge in [0.25, 0.3) is 5.91 Å². The fraction of sp³-hybridized carbons (Fsp3) is 0.0769. The summed E-state index contributed by atoms with van der Waals surface area (Å²) < 4.78 is 34.9. The molecule has 0 fully saturated rings. The molecule has 1 aromatic heterocycles. The van der Waals surface area contributed by atoms with Crippen molar-refractivity contribution in [3.8, 4) is 16.9 Å². The molecule has 5 N–H and O–H groups in total. The molecule has 4 aromatic rings. The Balaban J connectivity index is 1.57. The molecule has 10 heteroatoms. The molecule has 0 atom stereocenters. The van der Waals surface area contributed by atoms with Gasteiger partial charge in [-0.2, -0.15) is 0 Å². The number of amidine groups is 1. The van der Waals surface area contributed by atoms with Crippen LogP contribution in [0.1, 0.15) is 21.5 Å². The number of primary sulfonamides is 1. The van der Waals surface area contributed by atoms with Crippen LogP contribution in [0.2, 0.25) is 0 Å². The Morgan fingerprint density at radius 2 is 1.72 bits per heavy atom. The SMILES string of the molecule is N=C(N)c1cccc(OCN(Cc2ccoc2)C(=O)c2ccc(-c3ccccc3S(N)(=O)=O)cc2)c1. The zero-order valence-corrected chi connectivity index (χ0v) is 19.9. The molecule has 0 saturated carbocycles. The third kappa shape index (κ3) is 5.80. The molecule has 0 aliphatic heterocycles. The number of rotatable bonds is 9. The van der Waals surface area contributed by atoms with E-state index < -0.39 is 10.0 Å². The van der Waals surface area contributed by atoms with Gasteiger partial charge in [-0.25, -0.2) is 13.6 Å². The molecule has 36 heavy (non-hydrogen) atoms. The molecular weight excluding hydrogens is 480 g/mol. The second-order valence-electron chi connectivity index (χ2n) is 7.97. The van der Waals surface area contributed by atoms with E-state index in [9.17, 15) is 13.2 Å². The highest BCUT2D eigenvalue weighted by molar-refractivity contribution is 7.89. The van der Waals surface area contributed by atoms with Crippen molar-refractivity contribution in [1.82, 2.24) is 4.90 Å². The predicted octanol–water partition coefficient (Wildman–Crippen LogP) is 3.56. The lowest BCUT2D eigenvalue weighted by Gasteiger charge is -2.23. The molecule has 0 unspecified atom stereocenters. The summed E-state index contributed by atoms with van der Waals surface area (Å²) in [7, 11) is -3.91. The van der Waals surface area contributed by atoms with Gasteiger partial charge in [0.2, 0.25) is 10.0 Å². The zero-order chi connectivity index (χ0) is 25.7. The van der Waals surface area contributed by atoms with E-state index in [-0.39, 0.29) is 29.9 Å². The van der Waals surface area contributed by atoms with Crippen molar-refractivity contribution in [3.63, 3.8) is 0 Å². The van der Waals surface area contributed by atoms with Crippen LogP contribution in [0, 0.1) is 5.41 Å². The highest BCUT2D eigenvalue weighted by atomic mass is 32.2. The minimum Gasteiger partial charge on any atom is -0.473 e. The van der Waals surface area contributed by atoms with E-state index in [1.807, 2.05) is 0 Å². The number of hydrogen-bond acceptors (Lipinski definition) is 6. The molecule has 0 spiro atoms. The van der Waals surface area contributed by atoms with Gasteiger partial charge >= 0.3 is 0 Å². The first-order valence-corrected chi connectivity index (χ1v) is 12.4. The van der Waals surface area contributed by atoms with E-state index in [1.165, 1.54) is 17.2 Å². The molecule has 3 aromatic carbocycles. The van der Waals surface area contributed by atoms with Gasteiger partial charge in [-0.1, -0.05) is 42.5 Å². The maximum Gasteiger partial charge on any atom is 0.256 e. The first kappa shape index (κ1) is 24.7. The van der Waals surface area contributed by atoms with Crippen molar-refractivity contribution in [3.05, 3.63) is 108 Å². The van der Waals surface area contributed by atoms with Crippen LogP contribution in [0.15, 0.2) is 101 Å². The quantitative estimate of drug-likeness (QED) is 0.180. The summed E-state index contributed by atoms with van der Waals surface area (Å²) in [5.41, 5.74) is 8.28. The summed E-state index contributed by atoms with van der Waals surface area (Å²) in [4.78, 5) is 14.9. The van der Waals surface area contributed by atoms with Crippen LogP contribution in [0.3, 0.4) is 0 Å². The summed E-state index contributed by atoms with van der Waals surface area (Å²) in [6.45, 7) is 0.166. The van der Waals surface area contributed by atoms with Crippen molar-refractivity contribution in [1.29, 1.82) is 5.41 Å². The zero-order valence-electron chi connectivity index (χ0n) is 19.1. The molecular formula is C26H24N4O5S. The van der Waals surface area contributed by atoms with Crippen molar-refractivity contribution in [2.75, 3.05) is 6.73 Å². The second-order valence-corrected chi connectivity index (χ2v) is 9.50. The van der Waals surface area contributed by atoms with Crippen LogP contribution in [0.4, 0.5) is 0 Å². The third-order valence-electron chi connectivity index (χ3n) is 5.41. The lowest BCUT2D eigenvalue weighted by Crippen LogP contribution is -2.34. The van der Waals surface area contributed by atoms with Gasteiger partial charge in [0, 0.05) is 22.3 Å². The van der Waals surface area contributed by atoms with Gasteiger partial charge in [-0.15, -0.1) is 0 Å². The maximum absolute atomic E-state index is 13.4. The van der Waals surface area contributed by atoms with Gasteiger partial charge in [-0.3, -0.25) is 10.2 Å². The molecule has 0 aliphatic carbocycles. The summed E-state index contributed by atoms with van der Waals surface area (Å²) in [6, 6.07) is 21.5. The van der Waals surface area contributed by atoms with E-state index in [2.05, 4.69) is 0 Å². The number of carbonyl (C=O) groups is 1. The number of sulfonamides is 1. The summed E-state index contributed by atoms with van der Waals surface area (Å²) in [5.74, 6) is 0.0729. The van der Waals surface area contributed by atoms with Crippen LogP contribution in [0.5, 0.6) is 5.75 Å². The van der Waals surface area contributed by atoms with Crippen LogP contribution in [-0.4, -0.2) is 31.8 Å². The number of amides is 1. The molecule has 9 nitrogen and oxygen atoms in total. The number of ether oxygens (including phenoxy) is 1. The van der Waals surface area contributed by atoms with E-state index in [0.29, 0.717) is 28.0 Å². The molecule has 0 aliphatic rings. The smallest absolute Gasteiger partial charge is 0.256 e. The number of nitrogens with one attached hydrogen (secondary N) is 1. The number of nitrogens with two attached hydrogens (primary N) is 2. The third-order valence-corrected chi connectivity index (χ3v) is 6.38. The summed E-state index contributed by atoms with van der Waals surface area (Å²) >= 11 is 0. The van der Waals surface area contributed by atoms with Crippen molar-refractivity contribution in [2.45, 2.75) is 11.4 Å². The van der Waals surface area contributed by atoms with Crippen LogP contribution < -0.4 is 15.6 Å². The average molecular weight is 505 g/mol. The molecule has 0 radical (unpaired) electrons. The Kier molecular flexibility index (Phi) is 7.18. The summed E-state index contributed by atoms with van der Waals surface area (Å²) in [6.07, 6.45) is 3.07. The minimum atomic E-state index is -3.91. The highest BCUT2D eigenvalue weighted by Gasteiger charge is 2.19. The lowest BCUT2D eigenvalue weighted by atomic mass is 10.0. The van der Waals surface area contributed by atoms with Gasteiger partial charge < -0.3 is 19.8 Å². The Hall–Kier alpha value is -4.41. The van der Waals surface area contributed by atoms with Gasteiger partial charge in [0.1, 0.15) is 11.6 Å². The number of furan rings is 1. The number of carbonyl (C=O) groups excluding carboxylic acids is 1. The number of hydrogen-bond donors (Lipinski definition) is 3. The second kappa shape index (κ2) is 10.5. The predicted molar refractivity (Wildman–Crippen MR) is 135 cm³/mol. The fourth-order valence-corrected chi connectivity index (χ4v) is 4.37. The van der Waals surface area contributed by atoms with Gasteiger partial charge in [0.15, 0.2) is 6.73 Å². The van der Waals surface area contributed by atoms with E-state index in [0.717, 1.165) is 5.56 Å². The Morgan fingerprint density at radius 1 is 0.972 bits per heavy atom. The monoisotopic (exact) mass is 504 g/mol. The van der Waals surface area contributed by atoms with Crippen molar-refractivity contribution >= 4 is 21.8 Å². The first-order valence-electron chi connectivity index (χ1n) is 10.8. The molecule has 0 bridgehead atoms. The molecule has 4 rings (SSSR count). The van der Waals surface area contributed by atoms with E-state index in [1.54, 1.807) is 79.1 Å². The lowest BCUT2D eigenvalue weighted by molar-refractivity contribution is 0.0576. The molecule has 1 heterocycles.